The van der Waals surface area contributed by atoms with Gasteiger partial charge in [0.2, 0.25) is 0 Å². The molecule has 0 rings (SSSR count). The number of esters is 1. The molecule has 0 aliphatic rings. The third-order valence-electron chi connectivity index (χ3n) is 6.53. The molecule has 0 fully saturated rings. The molecule has 0 saturated heterocycles. The first-order chi connectivity index (χ1) is 17.5. The van der Waals surface area contributed by atoms with Crippen molar-refractivity contribution in [3.8, 4) is 0 Å². The molecule has 0 aliphatic heterocycles. The van der Waals surface area contributed by atoms with Crippen molar-refractivity contribution in [2.24, 2.45) is 0 Å². The van der Waals surface area contributed by atoms with Gasteiger partial charge < -0.3 is 38.5 Å². The van der Waals surface area contributed by atoms with E-state index >= 15 is 0 Å². The van der Waals surface area contributed by atoms with E-state index < -0.39 is 38.3 Å². The molecule has 0 spiro atoms. The minimum absolute atomic E-state index is 0.00566. The third kappa shape index (κ3) is 19.0. The fourth-order valence-corrected chi connectivity index (χ4v) is 6.15. The SMILES string of the molecule is CCCCCCCCC/C=C\CCCCC(=O)OC[C@@H](O)COP(=O)([O-])C(CC)[N+](C)(C)CCC(O)O. The molecule has 0 amide bonds. The minimum Gasteiger partial charge on any atom is -0.774 e. The smallest absolute Gasteiger partial charge is 0.305 e. The first kappa shape index (κ1) is 36.2. The van der Waals surface area contributed by atoms with E-state index in [-0.39, 0.29) is 36.9 Å². The summed E-state index contributed by atoms with van der Waals surface area (Å²) in [5.74, 6) is -1.34. The van der Waals surface area contributed by atoms with E-state index in [0.29, 0.717) is 6.42 Å². The van der Waals surface area contributed by atoms with E-state index in [1.807, 2.05) is 0 Å². The van der Waals surface area contributed by atoms with E-state index in [0.717, 1.165) is 19.3 Å². The van der Waals surface area contributed by atoms with Gasteiger partial charge in [0, 0.05) is 19.3 Å². The maximum absolute atomic E-state index is 12.7. The Balaban J connectivity index is 4.05. The maximum atomic E-state index is 12.7. The molecule has 220 valence electrons. The molecule has 9 nitrogen and oxygen atoms in total. The first-order valence-electron chi connectivity index (χ1n) is 14.1. The molecular formula is C27H54NO8P. The highest BCUT2D eigenvalue weighted by Gasteiger charge is 2.37. The van der Waals surface area contributed by atoms with E-state index in [2.05, 4.69) is 19.1 Å². The van der Waals surface area contributed by atoms with Crippen molar-refractivity contribution in [2.75, 3.05) is 33.9 Å². The number of allylic oxidation sites excluding steroid dienone is 2. The number of quaternary nitrogens is 1. The molecule has 0 aliphatic carbocycles. The largest absolute Gasteiger partial charge is 0.774 e. The number of carbonyl (C=O) groups is 1. The molecule has 0 aromatic heterocycles. The number of hydrogen-bond donors (Lipinski definition) is 3. The van der Waals surface area contributed by atoms with Crippen molar-refractivity contribution >= 4 is 13.6 Å². The zero-order valence-corrected chi connectivity index (χ0v) is 24.6. The summed E-state index contributed by atoms with van der Waals surface area (Å²) in [5.41, 5.74) is 0. The Kier molecular flexibility index (Phi) is 20.6. The fourth-order valence-electron chi connectivity index (χ4n) is 4.27. The van der Waals surface area contributed by atoms with Crippen LogP contribution in [0.3, 0.4) is 0 Å². The van der Waals surface area contributed by atoms with Crippen LogP contribution in [0.15, 0.2) is 12.2 Å². The van der Waals surface area contributed by atoms with Gasteiger partial charge in [-0.25, -0.2) is 0 Å². The Morgan fingerprint density at radius 2 is 1.49 bits per heavy atom. The summed E-state index contributed by atoms with van der Waals surface area (Å²) >= 11 is 0. The van der Waals surface area contributed by atoms with Gasteiger partial charge in [-0.15, -0.1) is 0 Å². The second-order valence-electron chi connectivity index (χ2n) is 10.5. The molecular weight excluding hydrogens is 497 g/mol. The van der Waals surface area contributed by atoms with Crippen molar-refractivity contribution in [1.82, 2.24) is 0 Å². The fraction of sp³-hybridized carbons (Fsp3) is 0.889. The Labute approximate surface area is 225 Å². The summed E-state index contributed by atoms with van der Waals surface area (Å²) in [6, 6.07) is 0. The highest BCUT2D eigenvalue weighted by molar-refractivity contribution is 7.51. The second kappa shape index (κ2) is 21.1. The van der Waals surface area contributed by atoms with Gasteiger partial charge in [-0.1, -0.05) is 64.5 Å². The zero-order chi connectivity index (χ0) is 28.2. The Morgan fingerprint density at radius 3 is 2.05 bits per heavy atom. The van der Waals surface area contributed by atoms with Crippen LogP contribution in [0.2, 0.25) is 0 Å². The van der Waals surface area contributed by atoms with Gasteiger partial charge in [0.1, 0.15) is 12.7 Å². The van der Waals surface area contributed by atoms with Crippen LogP contribution in [-0.4, -0.2) is 77.8 Å². The molecule has 3 N–H and O–H groups in total. The van der Waals surface area contributed by atoms with Gasteiger partial charge in [-0.3, -0.25) is 4.79 Å². The molecule has 0 aromatic carbocycles. The number of unbranched alkanes of at least 4 members (excludes halogenated alkanes) is 9. The van der Waals surface area contributed by atoms with Crippen LogP contribution >= 0.6 is 7.60 Å². The lowest BCUT2D eigenvalue weighted by molar-refractivity contribution is -0.904. The van der Waals surface area contributed by atoms with Crippen molar-refractivity contribution in [3.63, 3.8) is 0 Å². The summed E-state index contributed by atoms with van der Waals surface area (Å²) in [6.45, 7) is 3.33. The van der Waals surface area contributed by atoms with Gasteiger partial charge in [0.05, 0.1) is 27.2 Å². The van der Waals surface area contributed by atoms with Gasteiger partial charge in [0.25, 0.3) is 0 Å². The normalized spacial score (nSPS) is 15.7. The maximum Gasteiger partial charge on any atom is 0.305 e. The molecule has 2 unspecified atom stereocenters. The average molecular weight is 552 g/mol. The van der Waals surface area contributed by atoms with E-state index in [1.54, 1.807) is 21.0 Å². The lowest BCUT2D eigenvalue weighted by atomic mass is 10.1. The monoisotopic (exact) mass is 551 g/mol. The molecule has 0 aromatic rings. The van der Waals surface area contributed by atoms with Crippen LogP contribution in [0, 0.1) is 0 Å². The zero-order valence-electron chi connectivity index (χ0n) is 23.7. The quantitative estimate of drug-likeness (QED) is 0.0405. The van der Waals surface area contributed by atoms with E-state index in [4.69, 9.17) is 19.5 Å². The van der Waals surface area contributed by atoms with Crippen LogP contribution in [0.1, 0.15) is 104 Å². The number of nitrogens with zero attached hydrogens (tertiary/aromatic N) is 1. The van der Waals surface area contributed by atoms with Gasteiger partial charge in [0.15, 0.2) is 19.7 Å². The van der Waals surface area contributed by atoms with Crippen molar-refractivity contribution in [1.29, 1.82) is 0 Å². The number of rotatable bonds is 24. The molecule has 0 bridgehead atoms. The Hall–Kier alpha value is -0.800. The average Bonchev–Trinajstić information content (AvgIpc) is 2.83. The van der Waals surface area contributed by atoms with Crippen molar-refractivity contribution in [3.05, 3.63) is 12.2 Å². The summed E-state index contributed by atoms with van der Waals surface area (Å²) in [5, 5.41) is 28.2. The van der Waals surface area contributed by atoms with Gasteiger partial charge in [-0.2, -0.15) is 0 Å². The van der Waals surface area contributed by atoms with Crippen LogP contribution in [0.4, 0.5) is 0 Å². The lowest BCUT2D eigenvalue weighted by Gasteiger charge is -2.43. The summed E-state index contributed by atoms with van der Waals surface area (Å²) in [7, 11) is -1.03. The van der Waals surface area contributed by atoms with Crippen molar-refractivity contribution in [2.45, 2.75) is 122 Å². The standard InChI is InChI=1S/C27H54NO8P/c1-5-7-8-9-10-11-12-13-14-15-16-17-18-19-27(32)35-22-24(29)23-36-37(33,34)25(6-2)28(3,4)21-20-26(30)31/h14-15,24-26,29-31H,5-13,16-23H2,1-4H3/b15-14-/t24-,25?/m1/s1. The summed E-state index contributed by atoms with van der Waals surface area (Å²) in [6.07, 6.45) is 14.9. The summed E-state index contributed by atoms with van der Waals surface area (Å²) < 4.78 is 22.8. The lowest BCUT2D eigenvalue weighted by Crippen LogP contribution is -2.51. The number of carbonyl (C=O) groups excluding carboxylic acids is 1. The highest BCUT2D eigenvalue weighted by atomic mass is 31.2. The first-order valence-corrected chi connectivity index (χ1v) is 15.7. The highest BCUT2D eigenvalue weighted by Crippen LogP contribution is 2.48. The molecule has 3 atom stereocenters. The summed E-state index contributed by atoms with van der Waals surface area (Å²) in [4.78, 5) is 24.6. The molecule has 0 radical (unpaired) electrons. The molecule has 10 heteroatoms. The number of hydrogen-bond acceptors (Lipinski definition) is 8. The topological polar surface area (TPSA) is 136 Å². The third-order valence-corrected chi connectivity index (χ3v) is 8.76. The number of aliphatic hydroxyl groups excluding tert-OH is 2. The molecule has 0 heterocycles. The minimum atomic E-state index is -4.38. The Morgan fingerprint density at radius 1 is 0.919 bits per heavy atom. The number of ether oxygens (including phenoxy) is 1. The predicted molar refractivity (Wildman–Crippen MR) is 145 cm³/mol. The number of aliphatic hydroxyl groups is 3. The van der Waals surface area contributed by atoms with Crippen LogP contribution < -0.4 is 4.89 Å². The van der Waals surface area contributed by atoms with E-state index in [1.165, 1.54) is 44.9 Å². The second-order valence-corrected chi connectivity index (χ2v) is 12.4. The van der Waals surface area contributed by atoms with Crippen LogP contribution in [0.5, 0.6) is 0 Å². The Bertz CT molecular complexity index is 656. The van der Waals surface area contributed by atoms with Crippen LogP contribution in [-0.2, 0) is 18.6 Å². The van der Waals surface area contributed by atoms with Crippen molar-refractivity contribution < 1.29 is 43.3 Å². The van der Waals surface area contributed by atoms with Crippen LogP contribution in [0.25, 0.3) is 0 Å². The van der Waals surface area contributed by atoms with Gasteiger partial charge >= 0.3 is 5.97 Å². The predicted octanol–water partition coefficient (Wildman–Crippen LogP) is 4.23. The molecule has 0 saturated carbocycles. The molecule has 37 heavy (non-hydrogen) atoms. The van der Waals surface area contributed by atoms with Gasteiger partial charge in [-0.05, 0) is 32.1 Å². The van der Waals surface area contributed by atoms with E-state index in [9.17, 15) is 19.4 Å².